The van der Waals surface area contributed by atoms with Crippen LogP contribution in [0.4, 0.5) is 0 Å². The molecule has 124 valence electrons. The summed E-state index contributed by atoms with van der Waals surface area (Å²) in [6.45, 7) is 0.244. The number of nitrogens with one attached hydrogen (secondary N) is 1. The number of fused-ring (bicyclic) bond motifs is 1. The third-order valence-electron chi connectivity index (χ3n) is 3.81. The van der Waals surface area contributed by atoms with Crippen molar-refractivity contribution in [1.29, 1.82) is 0 Å². The molecule has 0 fully saturated rings. The number of halogens is 1. The summed E-state index contributed by atoms with van der Waals surface area (Å²) >= 11 is 2.21. The molecular formula is C19H13IN2O3. The van der Waals surface area contributed by atoms with Crippen molar-refractivity contribution in [3.05, 3.63) is 69.4 Å². The zero-order valence-electron chi connectivity index (χ0n) is 13.0. The molecule has 0 spiro atoms. The van der Waals surface area contributed by atoms with Gasteiger partial charge in [0.15, 0.2) is 17.3 Å². The van der Waals surface area contributed by atoms with Crippen molar-refractivity contribution in [2.45, 2.75) is 0 Å². The highest BCUT2D eigenvalue weighted by Gasteiger charge is 2.14. The largest absolute Gasteiger partial charge is 0.454 e. The van der Waals surface area contributed by atoms with E-state index in [1.54, 1.807) is 12.2 Å². The number of ketones is 1. The van der Waals surface area contributed by atoms with Gasteiger partial charge >= 0.3 is 0 Å². The molecule has 0 saturated heterocycles. The minimum atomic E-state index is -0.0457. The van der Waals surface area contributed by atoms with E-state index in [0.717, 1.165) is 26.3 Å². The summed E-state index contributed by atoms with van der Waals surface area (Å²) in [5.74, 6) is 1.41. The molecule has 25 heavy (non-hydrogen) atoms. The number of hydrogen-bond donors (Lipinski definition) is 1. The van der Waals surface area contributed by atoms with E-state index in [4.69, 9.17) is 9.47 Å². The standard InChI is InChI=1S/C19H13IN2O3/c20-14-4-1-12(2-5-14)17(23)7-6-15-10-16(22-21-15)13-3-8-18-19(9-13)25-11-24-18/h1-10H,11H2,(H,21,22)/b7-6+. The SMILES string of the molecule is O=C(/C=C/c1cc(-c2ccc3c(c2)OCO3)n[nH]1)c1ccc(I)cc1. The predicted octanol–water partition coefficient (Wildman–Crippen LogP) is 4.31. The lowest BCUT2D eigenvalue weighted by atomic mass is 10.1. The Morgan fingerprint density at radius 2 is 1.88 bits per heavy atom. The zero-order valence-corrected chi connectivity index (χ0v) is 15.2. The first kappa shape index (κ1) is 15.9. The average molecular weight is 444 g/mol. The molecule has 1 aromatic heterocycles. The number of nitrogens with zero attached hydrogens (tertiary/aromatic N) is 1. The van der Waals surface area contributed by atoms with Crippen molar-refractivity contribution in [3.8, 4) is 22.8 Å². The van der Waals surface area contributed by atoms with Crippen LogP contribution in [0, 0.1) is 3.57 Å². The molecule has 0 radical (unpaired) electrons. The highest BCUT2D eigenvalue weighted by Crippen LogP contribution is 2.35. The maximum absolute atomic E-state index is 12.2. The van der Waals surface area contributed by atoms with Crippen molar-refractivity contribution in [3.63, 3.8) is 0 Å². The lowest BCUT2D eigenvalue weighted by Crippen LogP contribution is -1.93. The van der Waals surface area contributed by atoms with Gasteiger partial charge in [-0.25, -0.2) is 0 Å². The summed E-state index contributed by atoms with van der Waals surface area (Å²) in [6, 6.07) is 15.0. The number of aromatic amines is 1. The molecule has 2 heterocycles. The Morgan fingerprint density at radius 1 is 1.08 bits per heavy atom. The van der Waals surface area contributed by atoms with Gasteiger partial charge in [-0.3, -0.25) is 9.89 Å². The normalized spacial score (nSPS) is 12.7. The van der Waals surface area contributed by atoms with Gasteiger partial charge in [0.1, 0.15) is 0 Å². The van der Waals surface area contributed by atoms with E-state index in [1.165, 1.54) is 0 Å². The van der Waals surface area contributed by atoms with Crippen molar-refractivity contribution >= 4 is 34.5 Å². The number of allylic oxidation sites excluding steroid dienone is 1. The third-order valence-corrected chi connectivity index (χ3v) is 4.53. The quantitative estimate of drug-likeness (QED) is 0.370. The monoisotopic (exact) mass is 444 g/mol. The van der Waals surface area contributed by atoms with Crippen LogP contribution in [0.5, 0.6) is 11.5 Å². The fraction of sp³-hybridized carbons (Fsp3) is 0.0526. The van der Waals surface area contributed by atoms with Gasteiger partial charge < -0.3 is 9.47 Å². The van der Waals surface area contributed by atoms with E-state index in [1.807, 2.05) is 48.5 Å². The number of ether oxygens (including phenoxy) is 2. The van der Waals surface area contributed by atoms with Crippen LogP contribution in [0.15, 0.2) is 54.6 Å². The van der Waals surface area contributed by atoms with Crippen LogP contribution in [0.2, 0.25) is 0 Å². The minimum Gasteiger partial charge on any atom is -0.454 e. The van der Waals surface area contributed by atoms with Gasteiger partial charge in [-0.1, -0.05) is 12.1 Å². The number of H-pyrrole nitrogens is 1. The van der Waals surface area contributed by atoms with Crippen LogP contribution in [0.25, 0.3) is 17.3 Å². The lowest BCUT2D eigenvalue weighted by molar-refractivity contribution is 0.104. The maximum Gasteiger partial charge on any atom is 0.231 e. The number of carbonyl (C=O) groups excluding carboxylic acids is 1. The highest BCUT2D eigenvalue weighted by molar-refractivity contribution is 14.1. The van der Waals surface area contributed by atoms with Gasteiger partial charge in [-0.05, 0) is 71.1 Å². The summed E-state index contributed by atoms with van der Waals surface area (Å²) < 4.78 is 11.8. The first-order valence-electron chi connectivity index (χ1n) is 7.62. The summed E-state index contributed by atoms with van der Waals surface area (Å²) in [7, 11) is 0. The molecule has 1 N–H and O–H groups in total. The number of rotatable bonds is 4. The molecule has 3 aromatic rings. The second-order valence-electron chi connectivity index (χ2n) is 5.48. The van der Waals surface area contributed by atoms with E-state index >= 15 is 0 Å². The Kier molecular flexibility index (Phi) is 4.27. The Hall–Kier alpha value is -2.61. The molecule has 5 nitrogen and oxygen atoms in total. The second-order valence-corrected chi connectivity index (χ2v) is 6.73. The third kappa shape index (κ3) is 3.43. The van der Waals surface area contributed by atoms with Gasteiger partial charge in [0.25, 0.3) is 0 Å². The van der Waals surface area contributed by atoms with E-state index in [2.05, 4.69) is 32.8 Å². The molecule has 6 heteroatoms. The van der Waals surface area contributed by atoms with Crippen molar-refractivity contribution in [2.24, 2.45) is 0 Å². The molecule has 1 aliphatic heterocycles. The molecule has 1 aliphatic rings. The van der Waals surface area contributed by atoms with Crippen LogP contribution >= 0.6 is 22.6 Å². The fourth-order valence-electron chi connectivity index (χ4n) is 2.50. The molecular weight excluding hydrogens is 431 g/mol. The predicted molar refractivity (Wildman–Crippen MR) is 103 cm³/mol. The van der Waals surface area contributed by atoms with Crippen LogP contribution in [-0.4, -0.2) is 22.8 Å². The molecule has 0 amide bonds. The first-order valence-corrected chi connectivity index (χ1v) is 8.70. The Balaban J connectivity index is 1.51. The topological polar surface area (TPSA) is 64.2 Å². The Labute approximate surface area is 157 Å². The highest BCUT2D eigenvalue weighted by atomic mass is 127. The van der Waals surface area contributed by atoms with Gasteiger partial charge in [0, 0.05) is 14.7 Å². The van der Waals surface area contributed by atoms with Gasteiger partial charge in [0.05, 0.1) is 11.4 Å². The van der Waals surface area contributed by atoms with Crippen molar-refractivity contribution < 1.29 is 14.3 Å². The van der Waals surface area contributed by atoms with E-state index < -0.39 is 0 Å². The molecule has 4 rings (SSSR count). The van der Waals surface area contributed by atoms with E-state index in [-0.39, 0.29) is 12.6 Å². The molecule has 0 aliphatic carbocycles. The van der Waals surface area contributed by atoms with Gasteiger partial charge in [-0.2, -0.15) is 5.10 Å². The number of benzene rings is 2. The number of aromatic nitrogens is 2. The maximum atomic E-state index is 12.2. The van der Waals surface area contributed by atoms with E-state index in [9.17, 15) is 4.79 Å². The average Bonchev–Trinajstić information content (AvgIpc) is 3.28. The number of hydrogen-bond acceptors (Lipinski definition) is 4. The molecule has 0 bridgehead atoms. The van der Waals surface area contributed by atoms with Gasteiger partial charge in [-0.15, -0.1) is 0 Å². The summed E-state index contributed by atoms with van der Waals surface area (Å²) in [6.07, 6.45) is 3.27. The summed E-state index contributed by atoms with van der Waals surface area (Å²) in [5, 5.41) is 7.21. The van der Waals surface area contributed by atoms with Crippen LogP contribution in [0.3, 0.4) is 0 Å². The van der Waals surface area contributed by atoms with Crippen molar-refractivity contribution in [2.75, 3.05) is 6.79 Å². The smallest absolute Gasteiger partial charge is 0.231 e. The number of carbonyl (C=O) groups is 1. The fourth-order valence-corrected chi connectivity index (χ4v) is 2.86. The zero-order chi connectivity index (χ0) is 17.2. The van der Waals surface area contributed by atoms with Crippen LogP contribution in [-0.2, 0) is 0 Å². The van der Waals surface area contributed by atoms with Crippen LogP contribution in [0.1, 0.15) is 16.1 Å². The molecule has 0 saturated carbocycles. The van der Waals surface area contributed by atoms with Crippen LogP contribution < -0.4 is 9.47 Å². The van der Waals surface area contributed by atoms with Crippen molar-refractivity contribution in [1.82, 2.24) is 10.2 Å². The molecule has 0 atom stereocenters. The van der Waals surface area contributed by atoms with Gasteiger partial charge in [0.2, 0.25) is 6.79 Å². The molecule has 2 aromatic carbocycles. The Morgan fingerprint density at radius 3 is 2.72 bits per heavy atom. The second kappa shape index (κ2) is 6.72. The lowest BCUT2D eigenvalue weighted by Gasteiger charge is -1.98. The Bertz CT molecular complexity index is 961. The minimum absolute atomic E-state index is 0.0457. The summed E-state index contributed by atoms with van der Waals surface area (Å²) in [5.41, 5.74) is 3.11. The first-order chi connectivity index (χ1) is 12.2. The summed E-state index contributed by atoms with van der Waals surface area (Å²) in [4.78, 5) is 12.2. The molecule has 0 unspecified atom stereocenters. The van der Waals surface area contributed by atoms with E-state index in [0.29, 0.717) is 11.3 Å².